The van der Waals surface area contributed by atoms with Gasteiger partial charge in [0.15, 0.2) is 0 Å². The number of hydrogen-bond donors (Lipinski definition) is 1. The SMILES string of the molecule is CCNC(C)(C)C(=O)N(C)CCc1cccs1. The second-order valence-corrected chi connectivity index (χ2v) is 5.74. The average molecular weight is 254 g/mol. The minimum atomic E-state index is -0.473. The Bertz CT molecular complexity index is 346. The maximum Gasteiger partial charge on any atom is 0.242 e. The van der Waals surface area contributed by atoms with Gasteiger partial charge < -0.3 is 10.2 Å². The molecule has 3 nitrogen and oxygen atoms in total. The number of carbonyl (C=O) groups is 1. The van der Waals surface area contributed by atoms with Crippen LogP contribution < -0.4 is 5.32 Å². The minimum absolute atomic E-state index is 0.149. The van der Waals surface area contributed by atoms with Crippen LogP contribution in [0.15, 0.2) is 17.5 Å². The van der Waals surface area contributed by atoms with E-state index in [1.807, 2.05) is 38.8 Å². The van der Waals surface area contributed by atoms with Crippen molar-refractivity contribution >= 4 is 17.2 Å². The molecule has 1 N–H and O–H groups in total. The molecular weight excluding hydrogens is 232 g/mol. The second kappa shape index (κ2) is 6.17. The molecule has 0 spiro atoms. The number of nitrogens with one attached hydrogen (secondary N) is 1. The zero-order valence-corrected chi connectivity index (χ0v) is 11.9. The van der Waals surface area contributed by atoms with Crippen molar-refractivity contribution in [3.63, 3.8) is 0 Å². The highest BCUT2D eigenvalue weighted by Crippen LogP contribution is 2.11. The molecule has 1 aromatic rings. The molecule has 0 saturated heterocycles. The fourth-order valence-corrected chi connectivity index (χ4v) is 2.53. The van der Waals surface area contributed by atoms with E-state index >= 15 is 0 Å². The van der Waals surface area contributed by atoms with Gasteiger partial charge in [-0.2, -0.15) is 0 Å². The van der Waals surface area contributed by atoms with Crippen LogP contribution in [-0.4, -0.2) is 36.5 Å². The van der Waals surface area contributed by atoms with Crippen molar-refractivity contribution in [2.45, 2.75) is 32.7 Å². The summed E-state index contributed by atoms with van der Waals surface area (Å²) in [5.74, 6) is 0.149. The third kappa shape index (κ3) is 4.13. The number of likely N-dealkylation sites (N-methyl/N-ethyl adjacent to an activating group) is 2. The van der Waals surface area contributed by atoms with Gasteiger partial charge in [0.05, 0.1) is 5.54 Å². The van der Waals surface area contributed by atoms with Gasteiger partial charge in [0.1, 0.15) is 0 Å². The van der Waals surface area contributed by atoms with Crippen molar-refractivity contribution in [1.29, 1.82) is 0 Å². The Morgan fingerprint density at radius 1 is 1.53 bits per heavy atom. The molecule has 96 valence electrons. The monoisotopic (exact) mass is 254 g/mol. The summed E-state index contributed by atoms with van der Waals surface area (Å²) in [6.45, 7) is 7.45. The van der Waals surface area contributed by atoms with Crippen molar-refractivity contribution in [1.82, 2.24) is 10.2 Å². The van der Waals surface area contributed by atoms with Crippen LogP contribution in [0.4, 0.5) is 0 Å². The molecule has 0 aliphatic heterocycles. The second-order valence-electron chi connectivity index (χ2n) is 4.71. The lowest BCUT2D eigenvalue weighted by Crippen LogP contribution is -2.53. The van der Waals surface area contributed by atoms with Gasteiger partial charge in [-0.05, 0) is 38.3 Å². The van der Waals surface area contributed by atoms with Gasteiger partial charge in [0, 0.05) is 18.5 Å². The molecular formula is C13H22N2OS. The highest BCUT2D eigenvalue weighted by Gasteiger charge is 2.28. The van der Waals surface area contributed by atoms with Gasteiger partial charge >= 0.3 is 0 Å². The molecule has 0 bridgehead atoms. The molecule has 0 aromatic carbocycles. The molecule has 0 radical (unpaired) electrons. The largest absolute Gasteiger partial charge is 0.344 e. The predicted molar refractivity (Wildman–Crippen MR) is 73.4 cm³/mol. The van der Waals surface area contributed by atoms with Gasteiger partial charge in [0.2, 0.25) is 5.91 Å². The first-order valence-corrected chi connectivity index (χ1v) is 6.88. The summed E-state index contributed by atoms with van der Waals surface area (Å²) in [6.07, 6.45) is 0.933. The van der Waals surface area contributed by atoms with Crippen molar-refractivity contribution in [2.75, 3.05) is 20.1 Å². The molecule has 1 heterocycles. The summed E-state index contributed by atoms with van der Waals surface area (Å²) < 4.78 is 0. The molecule has 17 heavy (non-hydrogen) atoms. The Balaban J connectivity index is 2.46. The van der Waals surface area contributed by atoms with Gasteiger partial charge in [-0.1, -0.05) is 13.0 Å². The summed E-state index contributed by atoms with van der Waals surface area (Å²) in [5, 5.41) is 5.28. The van der Waals surface area contributed by atoms with Crippen LogP contribution in [0, 0.1) is 0 Å². The smallest absolute Gasteiger partial charge is 0.242 e. The zero-order chi connectivity index (χ0) is 12.9. The number of nitrogens with zero attached hydrogens (tertiary/aromatic N) is 1. The molecule has 0 fully saturated rings. The first kappa shape index (κ1) is 14.2. The van der Waals surface area contributed by atoms with Crippen molar-refractivity contribution in [2.24, 2.45) is 0 Å². The van der Waals surface area contributed by atoms with E-state index in [-0.39, 0.29) is 5.91 Å². The normalized spacial score (nSPS) is 11.5. The van der Waals surface area contributed by atoms with Crippen LogP contribution in [0.3, 0.4) is 0 Å². The molecule has 0 atom stereocenters. The van der Waals surface area contributed by atoms with E-state index in [2.05, 4.69) is 16.8 Å². The minimum Gasteiger partial charge on any atom is -0.344 e. The molecule has 1 aromatic heterocycles. The third-order valence-electron chi connectivity index (χ3n) is 2.77. The molecule has 0 saturated carbocycles. The van der Waals surface area contributed by atoms with E-state index in [4.69, 9.17) is 0 Å². The van der Waals surface area contributed by atoms with Crippen LogP contribution in [0.25, 0.3) is 0 Å². The first-order valence-electron chi connectivity index (χ1n) is 6.00. The summed E-state index contributed by atoms with van der Waals surface area (Å²) in [5.41, 5.74) is -0.473. The van der Waals surface area contributed by atoms with E-state index in [1.54, 1.807) is 11.3 Å². The highest BCUT2D eigenvalue weighted by atomic mass is 32.1. The number of amides is 1. The van der Waals surface area contributed by atoms with Crippen molar-refractivity contribution in [3.05, 3.63) is 22.4 Å². The molecule has 0 aliphatic rings. The summed E-state index contributed by atoms with van der Waals surface area (Å²) in [7, 11) is 1.87. The average Bonchev–Trinajstić information content (AvgIpc) is 2.77. The van der Waals surface area contributed by atoms with Crippen LogP contribution in [0.2, 0.25) is 0 Å². The standard InChI is InChI=1S/C13H22N2OS/c1-5-14-13(2,3)12(16)15(4)9-8-11-7-6-10-17-11/h6-7,10,14H,5,8-9H2,1-4H3. The molecule has 1 amide bonds. The molecule has 1 rings (SSSR count). The van der Waals surface area contributed by atoms with Crippen LogP contribution in [0.5, 0.6) is 0 Å². The maximum absolute atomic E-state index is 12.2. The van der Waals surface area contributed by atoms with Gasteiger partial charge in [-0.15, -0.1) is 11.3 Å². The Morgan fingerprint density at radius 2 is 2.24 bits per heavy atom. The Labute approximate surface area is 108 Å². The topological polar surface area (TPSA) is 32.3 Å². The lowest BCUT2D eigenvalue weighted by atomic mass is 10.0. The quantitative estimate of drug-likeness (QED) is 0.843. The summed E-state index contributed by atoms with van der Waals surface area (Å²) in [6, 6.07) is 4.16. The number of hydrogen-bond acceptors (Lipinski definition) is 3. The maximum atomic E-state index is 12.2. The number of rotatable bonds is 6. The number of thiophene rings is 1. The van der Waals surface area contributed by atoms with E-state index in [1.165, 1.54) is 4.88 Å². The Morgan fingerprint density at radius 3 is 2.76 bits per heavy atom. The lowest BCUT2D eigenvalue weighted by molar-refractivity contribution is -0.135. The van der Waals surface area contributed by atoms with E-state index in [9.17, 15) is 4.79 Å². The van der Waals surface area contributed by atoms with E-state index in [0.717, 1.165) is 19.5 Å². The van der Waals surface area contributed by atoms with Crippen LogP contribution in [0.1, 0.15) is 25.6 Å². The zero-order valence-electron chi connectivity index (χ0n) is 11.1. The number of carbonyl (C=O) groups excluding carboxylic acids is 1. The van der Waals surface area contributed by atoms with E-state index in [0.29, 0.717) is 0 Å². The third-order valence-corrected chi connectivity index (χ3v) is 3.71. The van der Waals surface area contributed by atoms with Gasteiger partial charge in [-0.25, -0.2) is 0 Å². The van der Waals surface area contributed by atoms with Crippen LogP contribution >= 0.6 is 11.3 Å². The Hall–Kier alpha value is -0.870. The van der Waals surface area contributed by atoms with Crippen LogP contribution in [-0.2, 0) is 11.2 Å². The van der Waals surface area contributed by atoms with E-state index < -0.39 is 5.54 Å². The summed E-state index contributed by atoms with van der Waals surface area (Å²) >= 11 is 1.74. The molecule has 4 heteroatoms. The molecule has 0 aliphatic carbocycles. The predicted octanol–water partition coefficient (Wildman–Crippen LogP) is 2.14. The van der Waals surface area contributed by atoms with Crippen molar-refractivity contribution in [3.8, 4) is 0 Å². The van der Waals surface area contributed by atoms with Gasteiger partial charge in [0.25, 0.3) is 0 Å². The molecule has 0 unspecified atom stereocenters. The lowest BCUT2D eigenvalue weighted by Gasteiger charge is -2.30. The summed E-state index contributed by atoms with van der Waals surface area (Å²) in [4.78, 5) is 15.3. The van der Waals surface area contributed by atoms with Gasteiger partial charge in [-0.3, -0.25) is 4.79 Å². The highest BCUT2D eigenvalue weighted by molar-refractivity contribution is 7.09. The fraction of sp³-hybridized carbons (Fsp3) is 0.615. The fourth-order valence-electron chi connectivity index (χ4n) is 1.83. The first-order chi connectivity index (χ1) is 7.97. The van der Waals surface area contributed by atoms with Crippen molar-refractivity contribution < 1.29 is 4.79 Å². The Kier molecular flexibility index (Phi) is 5.15.